The standard InChI is InChI=1S/C8H7N3O3/c1-4-5(3-10-14-4)6-2-9-8(13)11-7(6)12/h2-3H,1H3,(H2,9,11,12,13). The molecule has 0 aliphatic rings. The summed E-state index contributed by atoms with van der Waals surface area (Å²) in [6, 6.07) is 0. The fourth-order valence-electron chi connectivity index (χ4n) is 1.17. The minimum absolute atomic E-state index is 0.336. The zero-order valence-electron chi connectivity index (χ0n) is 7.33. The monoisotopic (exact) mass is 193 g/mol. The van der Waals surface area contributed by atoms with Gasteiger partial charge in [-0.3, -0.25) is 9.78 Å². The predicted molar refractivity (Wildman–Crippen MR) is 47.9 cm³/mol. The zero-order valence-corrected chi connectivity index (χ0v) is 7.33. The van der Waals surface area contributed by atoms with Crippen LogP contribution in [0.4, 0.5) is 0 Å². The minimum atomic E-state index is -0.534. The van der Waals surface area contributed by atoms with Gasteiger partial charge in [-0.05, 0) is 6.92 Å². The summed E-state index contributed by atoms with van der Waals surface area (Å²) in [6.45, 7) is 1.69. The number of aryl methyl sites for hydroxylation is 1. The van der Waals surface area contributed by atoms with Gasteiger partial charge in [0.1, 0.15) is 5.76 Å². The van der Waals surface area contributed by atoms with E-state index in [1.165, 1.54) is 12.4 Å². The van der Waals surface area contributed by atoms with E-state index < -0.39 is 11.2 Å². The summed E-state index contributed by atoms with van der Waals surface area (Å²) in [7, 11) is 0. The van der Waals surface area contributed by atoms with Gasteiger partial charge in [-0.1, -0.05) is 5.16 Å². The lowest BCUT2D eigenvalue weighted by atomic mass is 10.1. The molecule has 2 rings (SSSR count). The second-order valence-corrected chi connectivity index (χ2v) is 2.78. The number of nitrogens with one attached hydrogen (secondary N) is 2. The van der Waals surface area contributed by atoms with Crippen molar-refractivity contribution in [1.29, 1.82) is 0 Å². The fraction of sp³-hybridized carbons (Fsp3) is 0.125. The highest BCUT2D eigenvalue weighted by molar-refractivity contribution is 5.61. The lowest BCUT2D eigenvalue weighted by Crippen LogP contribution is -2.22. The van der Waals surface area contributed by atoms with Crippen LogP contribution in [0.15, 0.2) is 26.5 Å². The van der Waals surface area contributed by atoms with Crippen molar-refractivity contribution in [3.05, 3.63) is 39.0 Å². The van der Waals surface area contributed by atoms with Crippen LogP contribution in [0.1, 0.15) is 5.76 Å². The van der Waals surface area contributed by atoms with Crippen LogP contribution in [0, 0.1) is 6.92 Å². The first-order chi connectivity index (χ1) is 6.68. The van der Waals surface area contributed by atoms with Crippen LogP contribution in [-0.4, -0.2) is 15.1 Å². The number of nitrogens with zero attached hydrogens (tertiary/aromatic N) is 1. The molecule has 0 aliphatic carbocycles. The number of aromatic amines is 2. The van der Waals surface area contributed by atoms with Gasteiger partial charge in [0, 0.05) is 6.20 Å². The summed E-state index contributed by atoms with van der Waals surface area (Å²) < 4.78 is 4.81. The molecule has 0 aromatic carbocycles. The third-order valence-corrected chi connectivity index (χ3v) is 1.86. The molecule has 2 N–H and O–H groups in total. The Morgan fingerprint density at radius 3 is 2.71 bits per heavy atom. The molecular weight excluding hydrogens is 186 g/mol. The van der Waals surface area contributed by atoms with E-state index in [4.69, 9.17) is 4.52 Å². The number of hydrogen-bond donors (Lipinski definition) is 2. The Morgan fingerprint density at radius 1 is 1.36 bits per heavy atom. The Kier molecular flexibility index (Phi) is 1.81. The molecule has 2 heterocycles. The summed E-state index contributed by atoms with van der Waals surface area (Å²) in [5, 5.41) is 3.54. The summed E-state index contributed by atoms with van der Waals surface area (Å²) in [6.07, 6.45) is 2.76. The van der Waals surface area contributed by atoms with Gasteiger partial charge in [-0.2, -0.15) is 0 Å². The quantitative estimate of drug-likeness (QED) is 0.668. The van der Waals surface area contributed by atoms with Crippen molar-refractivity contribution in [2.24, 2.45) is 0 Å². The molecule has 0 saturated heterocycles. The third-order valence-electron chi connectivity index (χ3n) is 1.86. The van der Waals surface area contributed by atoms with Gasteiger partial charge in [-0.15, -0.1) is 0 Å². The lowest BCUT2D eigenvalue weighted by molar-refractivity contribution is 0.398. The van der Waals surface area contributed by atoms with Crippen molar-refractivity contribution >= 4 is 0 Å². The molecule has 0 amide bonds. The second kappa shape index (κ2) is 2.99. The number of rotatable bonds is 1. The minimum Gasteiger partial charge on any atom is -0.361 e. The van der Waals surface area contributed by atoms with Gasteiger partial charge in [0.2, 0.25) is 0 Å². The smallest absolute Gasteiger partial charge is 0.325 e. The molecule has 0 saturated carbocycles. The number of H-pyrrole nitrogens is 2. The molecule has 0 bridgehead atoms. The Hall–Kier alpha value is -2.11. The molecule has 0 fully saturated rings. The van der Waals surface area contributed by atoms with Gasteiger partial charge < -0.3 is 9.51 Å². The van der Waals surface area contributed by atoms with Crippen LogP contribution in [0.2, 0.25) is 0 Å². The topological polar surface area (TPSA) is 91.8 Å². The maximum atomic E-state index is 11.3. The average molecular weight is 193 g/mol. The molecule has 72 valence electrons. The summed E-state index contributed by atoms with van der Waals surface area (Å²) in [4.78, 5) is 26.6. The Balaban J connectivity index is 2.70. The van der Waals surface area contributed by atoms with Gasteiger partial charge in [0.15, 0.2) is 0 Å². The van der Waals surface area contributed by atoms with Gasteiger partial charge >= 0.3 is 5.69 Å². The Bertz CT molecular complexity index is 563. The van der Waals surface area contributed by atoms with E-state index in [2.05, 4.69) is 15.1 Å². The highest BCUT2D eigenvalue weighted by Crippen LogP contribution is 2.17. The highest BCUT2D eigenvalue weighted by atomic mass is 16.5. The maximum absolute atomic E-state index is 11.3. The van der Waals surface area contributed by atoms with Crippen molar-refractivity contribution in [2.45, 2.75) is 6.92 Å². The Labute approximate surface area is 77.6 Å². The van der Waals surface area contributed by atoms with E-state index in [0.29, 0.717) is 16.9 Å². The molecule has 0 spiro atoms. The molecule has 0 atom stereocenters. The summed E-state index contributed by atoms with van der Waals surface area (Å²) in [5.74, 6) is 0.530. The highest BCUT2D eigenvalue weighted by Gasteiger charge is 2.09. The third kappa shape index (κ3) is 1.26. The van der Waals surface area contributed by atoms with E-state index in [1.807, 2.05) is 0 Å². The van der Waals surface area contributed by atoms with Gasteiger partial charge in [0.25, 0.3) is 5.56 Å². The first-order valence-electron chi connectivity index (χ1n) is 3.92. The van der Waals surface area contributed by atoms with Crippen molar-refractivity contribution < 1.29 is 4.52 Å². The zero-order chi connectivity index (χ0) is 10.1. The van der Waals surface area contributed by atoms with Gasteiger partial charge in [-0.25, -0.2) is 4.79 Å². The van der Waals surface area contributed by atoms with Crippen LogP contribution in [-0.2, 0) is 0 Å². The molecule has 6 nitrogen and oxygen atoms in total. The number of aromatic nitrogens is 3. The van der Waals surface area contributed by atoms with Crippen molar-refractivity contribution in [3.63, 3.8) is 0 Å². The normalized spacial score (nSPS) is 10.4. The van der Waals surface area contributed by atoms with Gasteiger partial charge in [0.05, 0.1) is 17.3 Å². The maximum Gasteiger partial charge on any atom is 0.325 e. The Morgan fingerprint density at radius 2 is 2.14 bits per heavy atom. The van der Waals surface area contributed by atoms with Crippen molar-refractivity contribution in [3.8, 4) is 11.1 Å². The molecule has 14 heavy (non-hydrogen) atoms. The van der Waals surface area contributed by atoms with Crippen LogP contribution >= 0.6 is 0 Å². The molecule has 6 heteroatoms. The molecule has 2 aromatic heterocycles. The first-order valence-corrected chi connectivity index (χ1v) is 3.92. The predicted octanol–water partition coefficient (Wildman–Crippen LogP) is 0.0266. The van der Waals surface area contributed by atoms with Crippen molar-refractivity contribution in [2.75, 3.05) is 0 Å². The molecular formula is C8H7N3O3. The number of hydrogen-bond acceptors (Lipinski definition) is 4. The van der Waals surface area contributed by atoms with Crippen LogP contribution in [0.3, 0.4) is 0 Å². The molecule has 2 aromatic rings. The molecule has 0 radical (unpaired) electrons. The van der Waals surface area contributed by atoms with Crippen LogP contribution in [0.25, 0.3) is 11.1 Å². The lowest BCUT2D eigenvalue weighted by Gasteiger charge is -1.94. The summed E-state index contributed by atoms with van der Waals surface area (Å²) in [5.41, 5.74) is -0.0845. The second-order valence-electron chi connectivity index (χ2n) is 2.78. The SMILES string of the molecule is Cc1oncc1-c1c[nH]c(=O)[nH]c1=O. The van der Waals surface area contributed by atoms with E-state index in [9.17, 15) is 9.59 Å². The molecule has 0 aliphatic heterocycles. The largest absolute Gasteiger partial charge is 0.361 e. The van der Waals surface area contributed by atoms with E-state index in [1.54, 1.807) is 6.92 Å². The van der Waals surface area contributed by atoms with Crippen LogP contribution in [0.5, 0.6) is 0 Å². The van der Waals surface area contributed by atoms with E-state index in [0.717, 1.165) is 0 Å². The molecule has 0 unspecified atom stereocenters. The van der Waals surface area contributed by atoms with Crippen molar-refractivity contribution in [1.82, 2.24) is 15.1 Å². The van der Waals surface area contributed by atoms with E-state index >= 15 is 0 Å². The first kappa shape index (κ1) is 8.49. The average Bonchev–Trinajstić information content (AvgIpc) is 2.52. The van der Waals surface area contributed by atoms with Crippen LogP contribution < -0.4 is 11.2 Å². The summed E-state index contributed by atoms with van der Waals surface area (Å²) >= 11 is 0. The fourth-order valence-corrected chi connectivity index (χ4v) is 1.17. The van der Waals surface area contributed by atoms with E-state index in [-0.39, 0.29) is 0 Å².